The van der Waals surface area contributed by atoms with Gasteiger partial charge in [0.25, 0.3) is 5.56 Å². The van der Waals surface area contributed by atoms with Crippen molar-refractivity contribution >= 4 is 22.6 Å². The third-order valence-electron chi connectivity index (χ3n) is 2.15. The molecule has 0 saturated carbocycles. The summed E-state index contributed by atoms with van der Waals surface area (Å²) in [6.07, 6.45) is 2.28. The Balaban J connectivity index is 2.33. The molecule has 2 rings (SSSR count). The Labute approximate surface area is 106 Å². The second-order valence-corrected chi connectivity index (χ2v) is 4.49. The Morgan fingerprint density at radius 2 is 2.25 bits per heavy atom. The number of aromatic amines is 1. The molecule has 4 nitrogen and oxygen atoms in total. The first kappa shape index (κ1) is 11.3. The van der Waals surface area contributed by atoms with Crippen molar-refractivity contribution in [1.29, 1.82) is 0 Å². The van der Waals surface area contributed by atoms with Gasteiger partial charge in [-0.15, -0.1) is 0 Å². The highest BCUT2D eigenvalue weighted by molar-refractivity contribution is 14.1. The Morgan fingerprint density at radius 1 is 1.44 bits per heavy atom. The first-order valence-corrected chi connectivity index (χ1v) is 5.90. The summed E-state index contributed by atoms with van der Waals surface area (Å²) in [6.45, 7) is 1.83. The zero-order chi connectivity index (χ0) is 11.5. The van der Waals surface area contributed by atoms with Crippen molar-refractivity contribution in [2.24, 2.45) is 0 Å². The molecule has 0 bridgehead atoms. The van der Waals surface area contributed by atoms with Crippen molar-refractivity contribution < 1.29 is 0 Å². The highest BCUT2D eigenvalue weighted by atomic mass is 127. The number of halogens is 1. The van der Waals surface area contributed by atoms with Gasteiger partial charge in [-0.1, -0.05) is 6.07 Å². The summed E-state index contributed by atoms with van der Waals surface area (Å²) in [5.74, 6) is 0.654. The number of nitrogens with one attached hydrogen (secondary N) is 1. The fourth-order valence-electron chi connectivity index (χ4n) is 1.39. The van der Waals surface area contributed by atoms with Gasteiger partial charge in [-0.05, 0) is 41.6 Å². The molecule has 0 aliphatic carbocycles. The van der Waals surface area contributed by atoms with Gasteiger partial charge in [-0.25, -0.2) is 4.98 Å². The summed E-state index contributed by atoms with van der Waals surface area (Å²) in [4.78, 5) is 22.8. The third kappa shape index (κ3) is 2.46. The highest BCUT2D eigenvalue weighted by Crippen LogP contribution is 2.05. The van der Waals surface area contributed by atoms with Crippen molar-refractivity contribution in [1.82, 2.24) is 15.0 Å². The van der Waals surface area contributed by atoms with E-state index in [-0.39, 0.29) is 5.56 Å². The normalized spacial score (nSPS) is 10.4. The average molecular weight is 327 g/mol. The molecular weight excluding hydrogens is 317 g/mol. The largest absolute Gasteiger partial charge is 0.309 e. The van der Waals surface area contributed by atoms with Gasteiger partial charge < -0.3 is 4.98 Å². The standard InChI is InChI=1S/C11H10IN3O/c1-7-10(12)11(16)15-9(14-7)6-8-4-2-3-5-13-8/h2-5H,6H2,1H3,(H,14,15,16). The summed E-state index contributed by atoms with van der Waals surface area (Å²) >= 11 is 1.99. The smallest absolute Gasteiger partial charge is 0.264 e. The zero-order valence-electron chi connectivity index (χ0n) is 8.70. The van der Waals surface area contributed by atoms with Crippen LogP contribution < -0.4 is 5.56 Å². The number of H-pyrrole nitrogens is 1. The molecule has 1 N–H and O–H groups in total. The highest BCUT2D eigenvalue weighted by Gasteiger charge is 2.05. The maximum Gasteiger partial charge on any atom is 0.264 e. The van der Waals surface area contributed by atoms with E-state index >= 15 is 0 Å². The molecule has 2 heterocycles. The van der Waals surface area contributed by atoms with Gasteiger partial charge in [0.2, 0.25) is 0 Å². The fourth-order valence-corrected chi connectivity index (χ4v) is 1.64. The Morgan fingerprint density at radius 3 is 2.88 bits per heavy atom. The van der Waals surface area contributed by atoms with Crippen molar-refractivity contribution in [2.45, 2.75) is 13.3 Å². The molecular formula is C11H10IN3O. The van der Waals surface area contributed by atoms with E-state index in [1.165, 1.54) is 0 Å². The summed E-state index contributed by atoms with van der Waals surface area (Å²) in [5.41, 5.74) is 1.57. The van der Waals surface area contributed by atoms with E-state index in [9.17, 15) is 4.79 Å². The van der Waals surface area contributed by atoms with Gasteiger partial charge in [0.1, 0.15) is 5.82 Å². The second kappa shape index (κ2) is 4.73. The lowest BCUT2D eigenvalue weighted by molar-refractivity contribution is 0.890. The third-order valence-corrected chi connectivity index (χ3v) is 3.42. The van der Waals surface area contributed by atoms with E-state index in [0.717, 1.165) is 11.4 Å². The number of rotatable bonds is 2. The van der Waals surface area contributed by atoms with Gasteiger partial charge in [0.15, 0.2) is 0 Å². The zero-order valence-corrected chi connectivity index (χ0v) is 10.9. The van der Waals surface area contributed by atoms with E-state index in [1.807, 2.05) is 47.7 Å². The van der Waals surface area contributed by atoms with Crippen LogP contribution in [0.3, 0.4) is 0 Å². The van der Waals surface area contributed by atoms with Crippen LogP contribution in [0.2, 0.25) is 0 Å². The maximum atomic E-state index is 11.5. The van der Waals surface area contributed by atoms with Crippen LogP contribution in [0.25, 0.3) is 0 Å². The van der Waals surface area contributed by atoms with Crippen molar-refractivity contribution in [3.8, 4) is 0 Å². The topological polar surface area (TPSA) is 58.6 Å². The fraction of sp³-hybridized carbons (Fsp3) is 0.182. The molecule has 2 aromatic heterocycles. The minimum absolute atomic E-state index is 0.0842. The van der Waals surface area contributed by atoms with E-state index in [0.29, 0.717) is 15.8 Å². The molecule has 0 radical (unpaired) electrons. The van der Waals surface area contributed by atoms with Crippen molar-refractivity contribution in [2.75, 3.05) is 0 Å². The van der Waals surface area contributed by atoms with E-state index in [2.05, 4.69) is 15.0 Å². The number of hydrogen-bond acceptors (Lipinski definition) is 3. The van der Waals surface area contributed by atoms with Gasteiger partial charge in [0.05, 0.1) is 9.26 Å². The van der Waals surface area contributed by atoms with E-state index in [1.54, 1.807) is 6.20 Å². The molecule has 2 aromatic rings. The molecule has 0 aliphatic heterocycles. The Hall–Kier alpha value is -1.24. The first-order chi connectivity index (χ1) is 7.66. The number of aromatic nitrogens is 3. The number of pyridine rings is 1. The van der Waals surface area contributed by atoms with Gasteiger partial charge in [-0.2, -0.15) is 0 Å². The summed E-state index contributed by atoms with van der Waals surface area (Å²) in [6, 6.07) is 5.69. The molecule has 0 atom stereocenters. The molecule has 16 heavy (non-hydrogen) atoms. The number of aryl methyl sites for hydroxylation is 1. The Kier molecular flexibility index (Phi) is 3.33. The Bertz CT molecular complexity index is 551. The minimum Gasteiger partial charge on any atom is -0.309 e. The molecule has 0 saturated heterocycles. The van der Waals surface area contributed by atoms with Crippen LogP contribution in [0.1, 0.15) is 17.2 Å². The first-order valence-electron chi connectivity index (χ1n) is 4.82. The van der Waals surface area contributed by atoms with Crippen molar-refractivity contribution in [3.05, 3.63) is 55.5 Å². The summed E-state index contributed by atoms with van der Waals surface area (Å²) < 4.78 is 0.641. The van der Waals surface area contributed by atoms with Crippen LogP contribution in [-0.2, 0) is 6.42 Å². The molecule has 0 fully saturated rings. The molecule has 0 aliphatic rings. The van der Waals surface area contributed by atoms with Crippen LogP contribution in [0.4, 0.5) is 0 Å². The lowest BCUT2D eigenvalue weighted by atomic mass is 10.2. The van der Waals surface area contributed by atoms with Crippen molar-refractivity contribution in [3.63, 3.8) is 0 Å². The number of hydrogen-bond donors (Lipinski definition) is 1. The quantitative estimate of drug-likeness (QED) is 0.854. The molecule has 82 valence electrons. The van der Waals surface area contributed by atoms with Crippen LogP contribution in [0, 0.1) is 10.5 Å². The van der Waals surface area contributed by atoms with Crippen LogP contribution in [-0.4, -0.2) is 15.0 Å². The molecule has 0 unspecified atom stereocenters. The molecule has 5 heteroatoms. The predicted octanol–water partition coefficient (Wildman–Crippen LogP) is 1.67. The summed E-state index contributed by atoms with van der Waals surface area (Å²) in [5, 5.41) is 0. The van der Waals surface area contributed by atoms with Crippen LogP contribution in [0.5, 0.6) is 0 Å². The summed E-state index contributed by atoms with van der Waals surface area (Å²) in [7, 11) is 0. The predicted molar refractivity (Wildman–Crippen MR) is 69.4 cm³/mol. The van der Waals surface area contributed by atoms with Gasteiger partial charge in [0, 0.05) is 18.3 Å². The van der Waals surface area contributed by atoms with E-state index in [4.69, 9.17) is 0 Å². The van der Waals surface area contributed by atoms with Gasteiger partial charge in [-0.3, -0.25) is 9.78 Å². The van der Waals surface area contributed by atoms with Crippen LogP contribution in [0.15, 0.2) is 29.2 Å². The number of nitrogens with zero attached hydrogens (tertiary/aromatic N) is 2. The lowest BCUT2D eigenvalue weighted by Gasteiger charge is -2.02. The second-order valence-electron chi connectivity index (χ2n) is 3.41. The monoisotopic (exact) mass is 327 g/mol. The van der Waals surface area contributed by atoms with E-state index < -0.39 is 0 Å². The van der Waals surface area contributed by atoms with Gasteiger partial charge >= 0.3 is 0 Å². The molecule has 0 aromatic carbocycles. The average Bonchev–Trinajstić information content (AvgIpc) is 2.27. The molecule has 0 amide bonds. The van der Waals surface area contributed by atoms with Crippen LogP contribution >= 0.6 is 22.6 Å². The molecule has 0 spiro atoms. The maximum absolute atomic E-state index is 11.5. The SMILES string of the molecule is Cc1nc(Cc2ccccn2)[nH]c(=O)c1I. The minimum atomic E-state index is -0.0842. The lowest BCUT2D eigenvalue weighted by Crippen LogP contribution is -2.17.